The lowest BCUT2D eigenvalue weighted by Gasteiger charge is -2.33. The topological polar surface area (TPSA) is 128 Å². The van der Waals surface area contributed by atoms with Gasteiger partial charge in [0.2, 0.25) is 0 Å². The Morgan fingerprint density at radius 3 is 2.60 bits per heavy atom. The highest BCUT2D eigenvalue weighted by molar-refractivity contribution is 7.51. The van der Waals surface area contributed by atoms with Gasteiger partial charge in [-0.05, 0) is 30.6 Å². The van der Waals surface area contributed by atoms with Gasteiger partial charge in [-0.2, -0.15) is 4.98 Å². The molecule has 142 valence electrons. The van der Waals surface area contributed by atoms with Crippen LogP contribution in [0, 0.1) is 24.2 Å². The molecule has 1 aliphatic rings. The second-order valence-electron chi connectivity index (χ2n) is 8.09. The van der Waals surface area contributed by atoms with E-state index in [2.05, 4.69) is 25.8 Å². The second-order valence-corrected chi connectivity index (χ2v) is 9.78. The standard InChI is InChI=1S/C16H28N3O5P/c1-9-7-19(15(20)18-14(9)17)12-6-11(16(3,4)5)13(24-12)10(2)8-25(21,22)23/h7,10-13H,6,8H2,1-5H3,(H2,17,18,20)(H2,21,22,23)/t10?,11?,12-,13-/m1/s1. The monoisotopic (exact) mass is 373 g/mol. The van der Waals surface area contributed by atoms with Gasteiger partial charge < -0.3 is 20.3 Å². The van der Waals surface area contributed by atoms with Crippen molar-refractivity contribution in [3.63, 3.8) is 0 Å². The lowest BCUT2D eigenvalue weighted by atomic mass is 9.74. The zero-order valence-electron chi connectivity index (χ0n) is 15.3. The predicted octanol–water partition coefficient (Wildman–Crippen LogP) is 1.90. The molecule has 0 aliphatic carbocycles. The SMILES string of the molecule is Cc1cn([C@H]2CC(C(C)(C)C)[C@@H](C(C)CP(=O)(O)O)O2)c(=O)nc1N. The fraction of sp³-hybridized carbons (Fsp3) is 0.750. The highest BCUT2D eigenvalue weighted by atomic mass is 31.2. The van der Waals surface area contributed by atoms with E-state index in [1.807, 2.05) is 0 Å². The van der Waals surface area contributed by atoms with E-state index >= 15 is 0 Å². The number of rotatable bonds is 4. The molecule has 8 nitrogen and oxygen atoms in total. The van der Waals surface area contributed by atoms with Crippen LogP contribution in [-0.2, 0) is 9.30 Å². The van der Waals surface area contributed by atoms with Crippen LogP contribution in [0.4, 0.5) is 5.82 Å². The first-order valence-corrected chi connectivity index (χ1v) is 10.1. The molecule has 1 aromatic rings. The maximum absolute atomic E-state index is 12.2. The molecular formula is C16H28N3O5P. The number of aromatic nitrogens is 2. The van der Waals surface area contributed by atoms with Crippen LogP contribution in [0.3, 0.4) is 0 Å². The fourth-order valence-electron chi connectivity index (χ4n) is 3.50. The lowest BCUT2D eigenvalue weighted by molar-refractivity contribution is -0.0390. The third-order valence-electron chi connectivity index (χ3n) is 4.85. The van der Waals surface area contributed by atoms with Gasteiger partial charge in [0.05, 0.1) is 12.3 Å². The van der Waals surface area contributed by atoms with Gasteiger partial charge in [0.1, 0.15) is 12.0 Å². The van der Waals surface area contributed by atoms with Crippen LogP contribution >= 0.6 is 7.60 Å². The number of nitrogens with zero attached hydrogens (tertiary/aromatic N) is 2. The highest BCUT2D eigenvalue weighted by Gasteiger charge is 2.46. The number of hydrogen-bond acceptors (Lipinski definition) is 5. The van der Waals surface area contributed by atoms with Crippen LogP contribution in [0.1, 0.15) is 45.9 Å². The zero-order chi connectivity index (χ0) is 19.2. The summed E-state index contributed by atoms with van der Waals surface area (Å²) >= 11 is 0. The molecular weight excluding hydrogens is 345 g/mol. The summed E-state index contributed by atoms with van der Waals surface area (Å²) in [7, 11) is -4.15. The summed E-state index contributed by atoms with van der Waals surface area (Å²) in [5, 5.41) is 0. The van der Waals surface area contributed by atoms with Crippen molar-refractivity contribution in [3.8, 4) is 0 Å². The molecule has 0 radical (unpaired) electrons. The summed E-state index contributed by atoms with van der Waals surface area (Å²) in [6.45, 7) is 9.74. The lowest BCUT2D eigenvalue weighted by Crippen LogP contribution is -2.34. The molecule has 0 amide bonds. The van der Waals surface area contributed by atoms with E-state index in [1.54, 1.807) is 20.0 Å². The van der Waals surface area contributed by atoms with E-state index < -0.39 is 19.5 Å². The van der Waals surface area contributed by atoms with Gasteiger partial charge in [0.25, 0.3) is 0 Å². The first-order valence-electron chi connectivity index (χ1n) is 8.35. The molecule has 1 saturated heterocycles. The number of ether oxygens (including phenoxy) is 1. The highest BCUT2D eigenvalue weighted by Crippen LogP contribution is 2.48. The summed E-state index contributed by atoms with van der Waals surface area (Å²) in [5.74, 6) is -0.101. The molecule has 9 heteroatoms. The number of hydrogen-bond donors (Lipinski definition) is 3. The normalized spacial score (nSPS) is 26.0. The Labute approximate surface area is 147 Å². The quantitative estimate of drug-likeness (QED) is 0.688. The average Bonchev–Trinajstić information content (AvgIpc) is 2.86. The van der Waals surface area contributed by atoms with Gasteiger partial charge in [0.15, 0.2) is 0 Å². The molecule has 0 saturated carbocycles. The van der Waals surface area contributed by atoms with Crippen molar-refractivity contribution in [1.82, 2.24) is 9.55 Å². The smallest absolute Gasteiger partial charge is 0.351 e. The number of nitrogen functional groups attached to an aromatic ring is 1. The summed E-state index contributed by atoms with van der Waals surface area (Å²) < 4.78 is 18.9. The Hall–Kier alpha value is -1.21. The minimum atomic E-state index is -4.15. The molecule has 1 aliphatic heterocycles. The van der Waals surface area contributed by atoms with Crippen molar-refractivity contribution >= 4 is 13.4 Å². The number of nitrogens with two attached hydrogens (primary N) is 1. The van der Waals surface area contributed by atoms with Gasteiger partial charge in [-0.3, -0.25) is 9.13 Å². The van der Waals surface area contributed by atoms with Crippen molar-refractivity contribution in [1.29, 1.82) is 0 Å². The minimum Gasteiger partial charge on any atom is -0.383 e. The summed E-state index contributed by atoms with van der Waals surface area (Å²) in [6, 6.07) is 0. The third kappa shape index (κ3) is 4.70. The molecule has 2 heterocycles. The largest absolute Gasteiger partial charge is 0.383 e. The second kappa shape index (κ2) is 6.83. The molecule has 2 rings (SSSR count). The van der Waals surface area contributed by atoms with Gasteiger partial charge in [0, 0.05) is 11.8 Å². The number of aryl methyl sites for hydroxylation is 1. The van der Waals surface area contributed by atoms with Crippen molar-refractivity contribution in [2.24, 2.45) is 17.3 Å². The molecule has 2 unspecified atom stereocenters. The van der Waals surface area contributed by atoms with Crippen LogP contribution in [-0.4, -0.2) is 31.6 Å². The van der Waals surface area contributed by atoms with Crippen molar-refractivity contribution in [2.45, 2.75) is 53.4 Å². The van der Waals surface area contributed by atoms with E-state index in [-0.39, 0.29) is 35.3 Å². The van der Waals surface area contributed by atoms with E-state index in [0.29, 0.717) is 12.0 Å². The van der Waals surface area contributed by atoms with Gasteiger partial charge in [-0.15, -0.1) is 0 Å². The van der Waals surface area contributed by atoms with Crippen molar-refractivity contribution < 1.29 is 19.1 Å². The Bertz CT molecular complexity index is 736. The maximum Gasteiger partial charge on any atom is 0.351 e. The zero-order valence-corrected chi connectivity index (χ0v) is 16.2. The first-order chi connectivity index (χ1) is 11.3. The maximum atomic E-state index is 12.2. The van der Waals surface area contributed by atoms with Crippen LogP contribution in [0.25, 0.3) is 0 Å². The van der Waals surface area contributed by atoms with Gasteiger partial charge in [-0.25, -0.2) is 4.79 Å². The van der Waals surface area contributed by atoms with Crippen LogP contribution in [0.15, 0.2) is 11.0 Å². The summed E-state index contributed by atoms with van der Waals surface area (Å²) in [5.41, 5.74) is 5.74. The summed E-state index contributed by atoms with van der Waals surface area (Å²) in [4.78, 5) is 34.6. The van der Waals surface area contributed by atoms with Crippen molar-refractivity contribution in [2.75, 3.05) is 11.9 Å². The fourth-order valence-corrected chi connectivity index (χ4v) is 4.46. The van der Waals surface area contributed by atoms with Gasteiger partial charge >= 0.3 is 13.3 Å². The first kappa shape index (κ1) is 20.1. The van der Waals surface area contributed by atoms with E-state index in [4.69, 9.17) is 10.5 Å². The molecule has 1 fully saturated rings. The van der Waals surface area contributed by atoms with Crippen LogP contribution in [0.5, 0.6) is 0 Å². The molecule has 4 atom stereocenters. The average molecular weight is 373 g/mol. The van der Waals surface area contributed by atoms with E-state index in [9.17, 15) is 19.1 Å². The molecule has 0 spiro atoms. The van der Waals surface area contributed by atoms with E-state index in [1.165, 1.54) is 4.57 Å². The van der Waals surface area contributed by atoms with Crippen molar-refractivity contribution in [3.05, 3.63) is 22.2 Å². The Kier molecular flexibility index (Phi) is 5.50. The Balaban J connectivity index is 2.35. The van der Waals surface area contributed by atoms with E-state index in [0.717, 1.165) is 0 Å². The third-order valence-corrected chi connectivity index (χ3v) is 5.90. The van der Waals surface area contributed by atoms with Crippen LogP contribution in [0.2, 0.25) is 0 Å². The Morgan fingerprint density at radius 1 is 1.48 bits per heavy atom. The molecule has 4 N–H and O–H groups in total. The van der Waals surface area contributed by atoms with Gasteiger partial charge in [-0.1, -0.05) is 27.7 Å². The molecule has 0 aromatic carbocycles. The van der Waals surface area contributed by atoms with Crippen LogP contribution < -0.4 is 11.4 Å². The number of anilines is 1. The summed E-state index contributed by atoms with van der Waals surface area (Å²) in [6.07, 6.45) is 1.08. The minimum absolute atomic E-state index is 0.0452. The Morgan fingerprint density at radius 2 is 2.08 bits per heavy atom. The molecule has 1 aromatic heterocycles. The predicted molar refractivity (Wildman–Crippen MR) is 95.2 cm³/mol. The molecule has 0 bridgehead atoms. The molecule has 25 heavy (non-hydrogen) atoms.